The molecule has 1 fully saturated rings. The summed E-state index contributed by atoms with van der Waals surface area (Å²) in [4.78, 5) is 13.5. The van der Waals surface area contributed by atoms with Gasteiger partial charge >= 0.3 is 0 Å². The van der Waals surface area contributed by atoms with Gasteiger partial charge in [-0.1, -0.05) is 0 Å². The molecule has 0 aromatic carbocycles. The summed E-state index contributed by atoms with van der Waals surface area (Å²) in [5.41, 5.74) is 0. The van der Waals surface area contributed by atoms with E-state index in [1.807, 2.05) is 12.1 Å². The lowest BCUT2D eigenvalue weighted by Crippen LogP contribution is -2.40. The van der Waals surface area contributed by atoms with E-state index in [-0.39, 0.29) is 0 Å². The largest absolute Gasteiger partial charge is 0.469 e. The molecule has 1 aliphatic rings. The molecule has 1 atom stereocenters. The third-order valence-corrected chi connectivity index (χ3v) is 3.37. The van der Waals surface area contributed by atoms with Crippen LogP contribution in [0.1, 0.15) is 31.9 Å². The quantitative estimate of drug-likeness (QED) is 0.782. The smallest absolute Gasteiger partial charge is 0.135 e. The van der Waals surface area contributed by atoms with Crippen molar-refractivity contribution in [2.75, 3.05) is 13.1 Å². The Bertz CT molecular complexity index is 322. The zero-order valence-electron chi connectivity index (χ0n) is 9.82. The minimum absolute atomic E-state index is 0.412. The van der Waals surface area contributed by atoms with Crippen LogP contribution in [-0.2, 0) is 11.2 Å². The molecule has 88 valence electrons. The first-order valence-corrected chi connectivity index (χ1v) is 6.04. The zero-order valence-corrected chi connectivity index (χ0v) is 9.82. The molecule has 2 heterocycles. The lowest BCUT2D eigenvalue weighted by molar-refractivity contribution is -0.121. The Morgan fingerprint density at radius 2 is 2.19 bits per heavy atom. The number of aryl methyl sites for hydroxylation is 1. The van der Waals surface area contributed by atoms with E-state index in [4.69, 9.17) is 4.42 Å². The molecular formula is C13H19NO2. The summed E-state index contributed by atoms with van der Waals surface area (Å²) in [6.07, 6.45) is 5.26. The second-order valence-electron chi connectivity index (χ2n) is 4.54. The molecule has 1 aromatic rings. The number of carbonyl (C=O) groups excluding carboxylic acids is 1. The maximum absolute atomic E-state index is 11.1. The van der Waals surface area contributed by atoms with Gasteiger partial charge in [-0.15, -0.1) is 0 Å². The van der Waals surface area contributed by atoms with Gasteiger partial charge in [-0.3, -0.25) is 9.69 Å². The number of rotatable bonds is 4. The topological polar surface area (TPSA) is 33.5 Å². The molecule has 2 rings (SSSR count). The van der Waals surface area contributed by atoms with Crippen LogP contribution in [0, 0.1) is 0 Å². The van der Waals surface area contributed by atoms with Crippen LogP contribution in [0.5, 0.6) is 0 Å². The monoisotopic (exact) mass is 221 g/mol. The van der Waals surface area contributed by atoms with Crippen molar-refractivity contribution in [3.63, 3.8) is 0 Å². The van der Waals surface area contributed by atoms with Gasteiger partial charge in [0.25, 0.3) is 0 Å². The highest BCUT2D eigenvalue weighted by Gasteiger charge is 2.20. The number of ketones is 1. The number of hydrogen-bond donors (Lipinski definition) is 0. The fourth-order valence-electron chi connectivity index (χ4n) is 2.20. The molecule has 0 amide bonds. The Balaban J connectivity index is 1.75. The maximum Gasteiger partial charge on any atom is 0.135 e. The molecule has 1 aromatic heterocycles. The van der Waals surface area contributed by atoms with E-state index in [9.17, 15) is 4.79 Å². The Hall–Kier alpha value is -1.09. The molecule has 0 spiro atoms. The first-order valence-electron chi connectivity index (χ1n) is 6.04. The summed E-state index contributed by atoms with van der Waals surface area (Å²) in [5, 5.41) is 0. The minimum atomic E-state index is 0.412. The Kier molecular flexibility index (Phi) is 3.78. The second-order valence-corrected chi connectivity index (χ2v) is 4.54. The van der Waals surface area contributed by atoms with E-state index in [0.717, 1.165) is 44.5 Å². The van der Waals surface area contributed by atoms with Gasteiger partial charge in [0.05, 0.1) is 6.26 Å². The summed E-state index contributed by atoms with van der Waals surface area (Å²) >= 11 is 0. The van der Waals surface area contributed by atoms with Crippen LogP contribution in [0.2, 0.25) is 0 Å². The molecule has 16 heavy (non-hydrogen) atoms. The lowest BCUT2D eigenvalue weighted by atomic mass is 10.0. The predicted octanol–water partition coefficient (Wildman–Crippen LogP) is 2.27. The van der Waals surface area contributed by atoms with E-state index in [0.29, 0.717) is 11.8 Å². The van der Waals surface area contributed by atoms with Crippen molar-refractivity contribution in [3.8, 4) is 0 Å². The Morgan fingerprint density at radius 3 is 2.81 bits per heavy atom. The molecule has 1 unspecified atom stereocenters. The molecule has 3 heteroatoms. The van der Waals surface area contributed by atoms with Crippen molar-refractivity contribution in [2.24, 2.45) is 0 Å². The molecule has 0 bridgehead atoms. The van der Waals surface area contributed by atoms with Gasteiger partial charge in [0, 0.05) is 38.4 Å². The van der Waals surface area contributed by atoms with Crippen LogP contribution in [-0.4, -0.2) is 29.8 Å². The van der Waals surface area contributed by atoms with E-state index in [1.165, 1.54) is 0 Å². The van der Waals surface area contributed by atoms with Crippen LogP contribution in [0.15, 0.2) is 22.8 Å². The van der Waals surface area contributed by atoms with Crippen molar-refractivity contribution in [3.05, 3.63) is 24.2 Å². The first kappa shape index (κ1) is 11.4. The van der Waals surface area contributed by atoms with Crippen LogP contribution in [0.4, 0.5) is 0 Å². The molecule has 1 aliphatic heterocycles. The number of nitrogens with zero attached hydrogens (tertiary/aromatic N) is 1. The number of carbonyl (C=O) groups is 1. The van der Waals surface area contributed by atoms with E-state index in [1.54, 1.807) is 6.26 Å². The normalized spacial score (nSPS) is 19.9. The van der Waals surface area contributed by atoms with E-state index >= 15 is 0 Å². The highest BCUT2D eigenvalue weighted by atomic mass is 16.3. The number of piperidine rings is 1. The minimum Gasteiger partial charge on any atom is -0.469 e. The van der Waals surface area contributed by atoms with Crippen molar-refractivity contribution >= 4 is 5.78 Å². The zero-order chi connectivity index (χ0) is 11.4. The summed E-state index contributed by atoms with van der Waals surface area (Å²) in [6.45, 7) is 4.09. The van der Waals surface area contributed by atoms with Crippen molar-refractivity contribution in [1.29, 1.82) is 0 Å². The summed E-state index contributed by atoms with van der Waals surface area (Å²) in [7, 11) is 0. The number of likely N-dealkylation sites (tertiary alicyclic amines) is 1. The van der Waals surface area contributed by atoms with Gasteiger partial charge in [-0.05, 0) is 25.5 Å². The molecule has 0 N–H and O–H groups in total. The first-order chi connectivity index (χ1) is 7.75. The third-order valence-electron chi connectivity index (χ3n) is 3.37. The van der Waals surface area contributed by atoms with Crippen molar-refractivity contribution < 1.29 is 9.21 Å². The van der Waals surface area contributed by atoms with Gasteiger partial charge in [0.15, 0.2) is 0 Å². The number of furan rings is 1. The van der Waals surface area contributed by atoms with E-state index < -0.39 is 0 Å². The third kappa shape index (κ3) is 2.95. The molecule has 3 nitrogen and oxygen atoms in total. The van der Waals surface area contributed by atoms with Gasteiger partial charge in [0.1, 0.15) is 11.5 Å². The van der Waals surface area contributed by atoms with Crippen LogP contribution < -0.4 is 0 Å². The highest BCUT2D eigenvalue weighted by molar-refractivity contribution is 5.79. The van der Waals surface area contributed by atoms with Crippen molar-refractivity contribution in [1.82, 2.24) is 4.90 Å². The highest BCUT2D eigenvalue weighted by Crippen LogP contribution is 2.14. The van der Waals surface area contributed by atoms with Crippen molar-refractivity contribution in [2.45, 2.75) is 38.6 Å². The predicted molar refractivity (Wildman–Crippen MR) is 62.3 cm³/mol. The van der Waals surface area contributed by atoms with E-state index in [2.05, 4.69) is 11.8 Å². The molecular weight excluding hydrogens is 202 g/mol. The van der Waals surface area contributed by atoms with Gasteiger partial charge in [-0.2, -0.15) is 0 Å². The Morgan fingerprint density at radius 1 is 1.44 bits per heavy atom. The fourth-order valence-corrected chi connectivity index (χ4v) is 2.20. The SMILES string of the molecule is CC(CCc1ccco1)N1CCC(=O)CC1. The van der Waals surface area contributed by atoms with Gasteiger partial charge < -0.3 is 4.42 Å². The molecule has 1 saturated heterocycles. The molecule has 0 saturated carbocycles. The average molecular weight is 221 g/mol. The molecule has 0 aliphatic carbocycles. The lowest BCUT2D eigenvalue weighted by Gasteiger charge is -2.31. The summed E-state index contributed by atoms with van der Waals surface area (Å²) in [6, 6.07) is 4.49. The van der Waals surface area contributed by atoms with Crippen LogP contribution in [0.3, 0.4) is 0 Å². The van der Waals surface area contributed by atoms with Crippen LogP contribution >= 0.6 is 0 Å². The number of Topliss-reactive ketones (excluding diaryl/α,β-unsaturated/α-hetero) is 1. The number of hydrogen-bond acceptors (Lipinski definition) is 3. The summed E-state index contributed by atoms with van der Waals surface area (Å²) < 4.78 is 5.32. The molecule has 0 radical (unpaired) electrons. The van der Waals surface area contributed by atoms with Crippen LogP contribution in [0.25, 0.3) is 0 Å². The second kappa shape index (κ2) is 5.30. The van der Waals surface area contributed by atoms with Gasteiger partial charge in [0.2, 0.25) is 0 Å². The fraction of sp³-hybridized carbons (Fsp3) is 0.615. The summed E-state index contributed by atoms with van der Waals surface area (Å²) in [5.74, 6) is 1.47. The Labute approximate surface area is 96.4 Å². The average Bonchev–Trinajstić information content (AvgIpc) is 2.80. The maximum atomic E-state index is 11.1. The van der Waals surface area contributed by atoms with Gasteiger partial charge in [-0.25, -0.2) is 0 Å². The standard InChI is InChI=1S/C13H19NO2/c1-11(4-5-13-3-2-10-16-13)14-8-6-12(15)7-9-14/h2-3,10-11H,4-9H2,1H3.